The van der Waals surface area contributed by atoms with Crippen molar-refractivity contribution < 1.29 is 19.8 Å². The highest BCUT2D eigenvalue weighted by Gasteiger charge is 2.33. The summed E-state index contributed by atoms with van der Waals surface area (Å²) in [5.41, 5.74) is 0.792. The highest BCUT2D eigenvalue weighted by molar-refractivity contribution is 5.80. The molecule has 2 atom stereocenters. The molecule has 1 aliphatic carbocycles. The molecule has 1 fully saturated rings. The highest BCUT2D eigenvalue weighted by atomic mass is 16.4. The first-order valence-corrected chi connectivity index (χ1v) is 6.36. The summed E-state index contributed by atoms with van der Waals surface area (Å²) < 4.78 is 0. The van der Waals surface area contributed by atoms with Crippen molar-refractivity contribution >= 4 is 11.9 Å². The number of carboxylic acid groups (broad SMARTS) is 1. The Balaban J connectivity index is 1.90. The van der Waals surface area contributed by atoms with Crippen molar-refractivity contribution in [2.45, 2.75) is 31.7 Å². The normalized spacial score (nSPS) is 22.1. The minimum absolute atomic E-state index is 0.158. The van der Waals surface area contributed by atoms with Crippen LogP contribution in [0.3, 0.4) is 0 Å². The molecule has 0 radical (unpaired) electrons. The van der Waals surface area contributed by atoms with E-state index in [0.717, 1.165) is 18.4 Å². The van der Waals surface area contributed by atoms with E-state index in [2.05, 4.69) is 5.32 Å². The van der Waals surface area contributed by atoms with Gasteiger partial charge in [-0.3, -0.25) is 9.59 Å². The van der Waals surface area contributed by atoms with Gasteiger partial charge in [-0.25, -0.2) is 0 Å². The van der Waals surface area contributed by atoms with Crippen molar-refractivity contribution in [2.24, 2.45) is 5.92 Å². The van der Waals surface area contributed by atoms with E-state index in [-0.39, 0.29) is 24.1 Å². The van der Waals surface area contributed by atoms with E-state index in [1.807, 2.05) is 0 Å². The van der Waals surface area contributed by atoms with Crippen molar-refractivity contribution in [1.82, 2.24) is 5.32 Å². The number of hydrogen-bond donors (Lipinski definition) is 3. The smallest absolute Gasteiger partial charge is 0.308 e. The van der Waals surface area contributed by atoms with Crippen molar-refractivity contribution in [3.05, 3.63) is 29.8 Å². The largest absolute Gasteiger partial charge is 0.508 e. The third-order valence-electron chi connectivity index (χ3n) is 3.48. The van der Waals surface area contributed by atoms with Gasteiger partial charge in [0.2, 0.25) is 5.91 Å². The fourth-order valence-electron chi connectivity index (χ4n) is 2.49. The molecule has 0 spiro atoms. The summed E-state index contributed by atoms with van der Waals surface area (Å²) in [6.07, 6.45) is 2.38. The van der Waals surface area contributed by atoms with E-state index < -0.39 is 11.9 Å². The van der Waals surface area contributed by atoms with Gasteiger partial charge in [0.05, 0.1) is 12.3 Å². The van der Waals surface area contributed by atoms with Crippen LogP contribution in [0.4, 0.5) is 0 Å². The summed E-state index contributed by atoms with van der Waals surface area (Å²) in [4.78, 5) is 22.9. The van der Waals surface area contributed by atoms with E-state index in [9.17, 15) is 9.59 Å². The van der Waals surface area contributed by atoms with Gasteiger partial charge in [0, 0.05) is 6.04 Å². The zero-order chi connectivity index (χ0) is 13.8. The SMILES string of the molecule is O=C(Cc1ccc(O)cc1)N[C@H]1CCC[C@H]1C(=O)O. The number of carbonyl (C=O) groups is 2. The number of benzene rings is 1. The molecule has 1 aromatic rings. The molecule has 1 saturated carbocycles. The van der Waals surface area contributed by atoms with Gasteiger partial charge in [-0.05, 0) is 30.5 Å². The van der Waals surface area contributed by atoms with E-state index in [0.29, 0.717) is 6.42 Å². The van der Waals surface area contributed by atoms with Crippen molar-refractivity contribution in [2.75, 3.05) is 0 Å². The summed E-state index contributed by atoms with van der Waals surface area (Å²) >= 11 is 0. The molecule has 5 heteroatoms. The van der Waals surface area contributed by atoms with E-state index in [1.54, 1.807) is 12.1 Å². The molecule has 0 aromatic heterocycles. The number of carboxylic acids is 1. The zero-order valence-electron chi connectivity index (χ0n) is 10.5. The monoisotopic (exact) mass is 263 g/mol. The Labute approximate surface area is 111 Å². The third-order valence-corrected chi connectivity index (χ3v) is 3.48. The second-order valence-electron chi connectivity index (χ2n) is 4.89. The van der Waals surface area contributed by atoms with Crippen molar-refractivity contribution in [3.63, 3.8) is 0 Å². The average molecular weight is 263 g/mol. The van der Waals surface area contributed by atoms with E-state index in [4.69, 9.17) is 10.2 Å². The molecule has 102 valence electrons. The van der Waals surface area contributed by atoms with Gasteiger partial charge >= 0.3 is 5.97 Å². The third kappa shape index (κ3) is 3.47. The van der Waals surface area contributed by atoms with Crippen LogP contribution in [0.5, 0.6) is 5.75 Å². The summed E-state index contributed by atoms with van der Waals surface area (Å²) in [5, 5.41) is 21.0. The molecule has 19 heavy (non-hydrogen) atoms. The number of aliphatic carboxylic acids is 1. The highest BCUT2D eigenvalue weighted by Crippen LogP contribution is 2.25. The van der Waals surface area contributed by atoms with Gasteiger partial charge in [-0.15, -0.1) is 0 Å². The molecule has 1 amide bonds. The van der Waals surface area contributed by atoms with E-state index in [1.165, 1.54) is 12.1 Å². The average Bonchev–Trinajstić information content (AvgIpc) is 2.80. The lowest BCUT2D eigenvalue weighted by Gasteiger charge is -2.17. The van der Waals surface area contributed by atoms with Crippen LogP contribution in [0.15, 0.2) is 24.3 Å². The number of hydrogen-bond acceptors (Lipinski definition) is 3. The number of rotatable bonds is 4. The standard InChI is InChI=1S/C14H17NO4/c16-10-6-4-9(5-7-10)8-13(17)15-12-3-1-2-11(12)14(18)19/h4-7,11-12,16H,1-3,8H2,(H,15,17)(H,18,19)/t11-,12+/m1/s1. The molecular weight excluding hydrogens is 246 g/mol. The molecule has 0 unspecified atom stereocenters. The summed E-state index contributed by atoms with van der Waals surface area (Å²) in [7, 11) is 0. The predicted octanol–water partition coefficient (Wildman–Crippen LogP) is 1.30. The molecule has 0 bridgehead atoms. The predicted molar refractivity (Wildman–Crippen MR) is 68.7 cm³/mol. The fraction of sp³-hybridized carbons (Fsp3) is 0.429. The van der Waals surface area contributed by atoms with Crippen LogP contribution >= 0.6 is 0 Å². The van der Waals surface area contributed by atoms with E-state index >= 15 is 0 Å². The zero-order valence-corrected chi connectivity index (χ0v) is 10.5. The number of amides is 1. The van der Waals surface area contributed by atoms with Crippen LogP contribution in [0.1, 0.15) is 24.8 Å². The Hall–Kier alpha value is -2.04. The van der Waals surface area contributed by atoms with Crippen LogP contribution in [0, 0.1) is 5.92 Å². The Kier molecular flexibility index (Phi) is 4.04. The Bertz CT molecular complexity index is 469. The quantitative estimate of drug-likeness (QED) is 0.764. The number of aromatic hydroxyl groups is 1. The Morgan fingerprint density at radius 1 is 1.21 bits per heavy atom. The van der Waals surface area contributed by atoms with Gasteiger partial charge in [0.25, 0.3) is 0 Å². The molecule has 1 aromatic carbocycles. The van der Waals surface area contributed by atoms with Gasteiger partial charge < -0.3 is 15.5 Å². The van der Waals surface area contributed by atoms with Gasteiger partial charge in [0.15, 0.2) is 0 Å². The maximum Gasteiger partial charge on any atom is 0.308 e. The van der Waals surface area contributed by atoms with Crippen LogP contribution in [0.2, 0.25) is 0 Å². The lowest BCUT2D eigenvalue weighted by Crippen LogP contribution is -2.40. The molecule has 0 heterocycles. The molecular formula is C14H17NO4. The van der Waals surface area contributed by atoms with Gasteiger partial charge in [-0.2, -0.15) is 0 Å². The topological polar surface area (TPSA) is 86.6 Å². The molecule has 5 nitrogen and oxygen atoms in total. The van der Waals surface area contributed by atoms with Crippen LogP contribution in [-0.2, 0) is 16.0 Å². The second-order valence-corrected chi connectivity index (χ2v) is 4.89. The van der Waals surface area contributed by atoms with Crippen molar-refractivity contribution in [3.8, 4) is 5.75 Å². The van der Waals surface area contributed by atoms with Crippen LogP contribution in [-0.4, -0.2) is 28.1 Å². The lowest BCUT2D eigenvalue weighted by atomic mass is 10.0. The summed E-state index contributed by atoms with van der Waals surface area (Å²) in [5.74, 6) is -1.33. The number of nitrogens with one attached hydrogen (secondary N) is 1. The minimum atomic E-state index is -0.840. The maximum atomic E-state index is 11.9. The molecule has 0 aliphatic heterocycles. The molecule has 0 saturated heterocycles. The maximum absolute atomic E-state index is 11.9. The first kappa shape index (κ1) is 13.4. The van der Waals surface area contributed by atoms with Crippen LogP contribution < -0.4 is 5.32 Å². The number of phenols is 1. The van der Waals surface area contributed by atoms with Gasteiger partial charge in [-0.1, -0.05) is 18.6 Å². The van der Waals surface area contributed by atoms with Crippen molar-refractivity contribution in [1.29, 1.82) is 0 Å². The molecule has 3 N–H and O–H groups in total. The molecule has 2 rings (SSSR count). The number of carbonyl (C=O) groups excluding carboxylic acids is 1. The van der Waals surface area contributed by atoms with Gasteiger partial charge in [0.1, 0.15) is 5.75 Å². The first-order valence-electron chi connectivity index (χ1n) is 6.36. The second kappa shape index (κ2) is 5.73. The summed E-state index contributed by atoms with van der Waals surface area (Å²) in [6.45, 7) is 0. The minimum Gasteiger partial charge on any atom is -0.508 e. The Morgan fingerprint density at radius 2 is 1.89 bits per heavy atom. The van der Waals surface area contributed by atoms with Crippen LogP contribution in [0.25, 0.3) is 0 Å². The number of phenolic OH excluding ortho intramolecular Hbond substituents is 1. The Morgan fingerprint density at radius 3 is 2.53 bits per heavy atom. The molecule has 1 aliphatic rings. The fourth-order valence-corrected chi connectivity index (χ4v) is 2.49. The lowest BCUT2D eigenvalue weighted by molar-refractivity contribution is -0.142. The summed E-state index contributed by atoms with van der Waals surface area (Å²) in [6, 6.07) is 6.15. The first-order chi connectivity index (χ1) is 9.06.